The van der Waals surface area contributed by atoms with Crippen LogP contribution in [0.5, 0.6) is 11.5 Å². The van der Waals surface area contributed by atoms with Crippen molar-refractivity contribution in [1.82, 2.24) is 5.32 Å². The second-order valence-electron chi connectivity index (χ2n) is 6.16. The normalized spacial score (nSPS) is 18.7. The zero-order valence-electron chi connectivity index (χ0n) is 13.7. The van der Waals surface area contributed by atoms with Gasteiger partial charge in [0.1, 0.15) is 0 Å². The molecule has 140 valence electrons. The van der Waals surface area contributed by atoms with Crippen LogP contribution in [0.3, 0.4) is 0 Å². The van der Waals surface area contributed by atoms with Gasteiger partial charge in [-0.2, -0.15) is 0 Å². The number of ether oxygens (including phenoxy) is 2. The van der Waals surface area contributed by atoms with Crippen LogP contribution in [0, 0.1) is 0 Å². The van der Waals surface area contributed by atoms with E-state index in [9.17, 15) is 18.4 Å². The quantitative estimate of drug-likeness (QED) is 0.765. The van der Waals surface area contributed by atoms with Crippen LogP contribution in [0.2, 0.25) is 5.02 Å². The van der Waals surface area contributed by atoms with Gasteiger partial charge in [0.05, 0.1) is 6.04 Å². The summed E-state index contributed by atoms with van der Waals surface area (Å²) in [6.45, 7) is 0. The molecule has 1 heterocycles. The van der Waals surface area contributed by atoms with Crippen molar-refractivity contribution in [2.45, 2.75) is 25.2 Å². The molecule has 0 aromatic heterocycles. The number of amides is 2. The maximum atomic E-state index is 13.0. The van der Waals surface area contributed by atoms with Gasteiger partial charge in [0.2, 0.25) is 0 Å². The SMILES string of the molecule is O=C(Nc1ccc2c(c1)OC(F)(F)O2)C(=O)N[C@H]1CCc2c(Cl)cccc21. The fraction of sp³-hybridized carbons (Fsp3) is 0.222. The molecule has 4 rings (SSSR count). The Hall–Kier alpha value is -2.87. The third kappa shape index (κ3) is 3.40. The van der Waals surface area contributed by atoms with Crippen LogP contribution in [0.4, 0.5) is 14.5 Å². The summed E-state index contributed by atoms with van der Waals surface area (Å²) >= 11 is 6.14. The van der Waals surface area contributed by atoms with Crippen LogP contribution in [-0.2, 0) is 16.0 Å². The number of hydrogen-bond donors (Lipinski definition) is 2. The smallest absolute Gasteiger partial charge is 0.395 e. The molecule has 0 fully saturated rings. The maximum absolute atomic E-state index is 13.0. The Morgan fingerprint density at radius 1 is 1.11 bits per heavy atom. The van der Waals surface area contributed by atoms with E-state index in [1.165, 1.54) is 12.1 Å². The van der Waals surface area contributed by atoms with Gasteiger partial charge in [0, 0.05) is 16.8 Å². The van der Waals surface area contributed by atoms with Crippen molar-refractivity contribution in [2.24, 2.45) is 0 Å². The number of carbonyl (C=O) groups excluding carboxylic acids is 2. The molecule has 0 saturated heterocycles. The Kier molecular flexibility index (Phi) is 4.15. The highest BCUT2D eigenvalue weighted by molar-refractivity contribution is 6.39. The Labute approximate surface area is 157 Å². The highest BCUT2D eigenvalue weighted by Gasteiger charge is 2.43. The van der Waals surface area contributed by atoms with Gasteiger partial charge in [-0.05, 0) is 42.2 Å². The molecule has 0 radical (unpaired) electrons. The molecular formula is C18H13ClF2N2O4. The van der Waals surface area contributed by atoms with Crippen LogP contribution in [0.15, 0.2) is 36.4 Å². The van der Waals surface area contributed by atoms with Gasteiger partial charge in [-0.15, -0.1) is 8.78 Å². The minimum atomic E-state index is -3.75. The van der Waals surface area contributed by atoms with Crippen LogP contribution in [-0.4, -0.2) is 18.1 Å². The van der Waals surface area contributed by atoms with E-state index in [4.69, 9.17) is 11.6 Å². The minimum Gasteiger partial charge on any atom is -0.395 e. The van der Waals surface area contributed by atoms with Gasteiger partial charge >= 0.3 is 18.1 Å². The summed E-state index contributed by atoms with van der Waals surface area (Å²) in [6.07, 6.45) is -2.41. The third-order valence-corrected chi connectivity index (χ3v) is 4.74. The fourth-order valence-electron chi connectivity index (χ4n) is 3.20. The van der Waals surface area contributed by atoms with Crippen molar-refractivity contribution in [3.63, 3.8) is 0 Å². The summed E-state index contributed by atoms with van der Waals surface area (Å²) in [7, 11) is 0. The second-order valence-corrected chi connectivity index (χ2v) is 6.56. The number of anilines is 1. The predicted molar refractivity (Wildman–Crippen MR) is 91.9 cm³/mol. The zero-order chi connectivity index (χ0) is 19.2. The van der Waals surface area contributed by atoms with Crippen molar-refractivity contribution in [1.29, 1.82) is 0 Å². The fourth-order valence-corrected chi connectivity index (χ4v) is 3.47. The van der Waals surface area contributed by atoms with E-state index in [1.807, 2.05) is 6.07 Å². The van der Waals surface area contributed by atoms with E-state index >= 15 is 0 Å². The van der Waals surface area contributed by atoms with Gasteiger partial charge in [0.25, 0.3) is 0 Å². The lowest BCUT2D eigenvalue weighted by atomic mass is 10.1. The first-order chi connectivity index (χ1) is 12.8. The highest BCUT2D eigenvalue weighted by atomic mass is 35.5. The standard InChI is InChI=1S/C18H13ClF2N2O4/c19-12-3-1-2-11-10(12)5-6-13(11)23-17(25)16(24)22-9-4-7-14-15(8-9)27-18(20,21)26-14/h1-4,7-8,13H,5-6H2,(H,22,24)(H,23,25)/t13-/m0/s1. The average molecular weight is 395 g/mol. The van der Waals surface area contributed by atoms with Crippen molar-refractivity contribution in [3.05, 3.63) is 52.5 Å². The third-order valence-electron chi connectivity index (χ3n) is 4.38. The topological polar surface area (TPSA) is 76.7 Å². The monoisotopic (exact) mass is 394 g/mol. The lowest BCUT2D eigenvalue weighted by molar-refractivity contribution is -0.286. The lowest BCUT2D eigenvalue weighted by Gasteiger charge is -2.14. The number of carbonyl (C=O) groups is 2. The Balaban J connectivity index is 1.42. The number of halogens is 3. The first-order valence-electron chi connectivity index (χ1n) is 8.11. The van der Waals surface area contributed by atoms with Crippen LogP contribution < -0.4 is 20.1 Å². The Morgan fingerprint density at radius 3 is 2.70 bits per heavy atom. The van der Waals surface area contributed by atoms with Crippen molar-refractivity contribution < 1.29 is 27.8 Å². The minimum absolute atomic E-state index is 0.130. The van der Waals surface area contributed by atoms with E-state index < -0.39 is 18.1 Å². The molecule has 1 aliphatic heterocycles. The number of hydrogen-bond acceptors (Lipinski definition) is 4. The highest BCUT2D eigenvalue weighted by Crippen LogP contribution is 2.42. The van der Waals surface area contributed by atoms with Crippen LogP contribution in [0.25, 0.3) is 0 Å². The molecule has 0 spiro atoms. The number of nitrogens with one attached hydrogen (secondary N) is 2. The average Bonchev–Trinajstić information content (AvgIpc) is 3.14. The molecule has 1 atom stereocenters. The molecule has 6 nitrogen and oxygen atoms in total. The summed E-state index contributed by atoms with van der Waals surface area (Å²) in [5.74, 6) is -2.13. The second kappa shape index (κ2) is 6.38. The van der Waals surface area contributed by atoms with E-state index in [2.05, 4.69) is 20.1 Å². The maximum Gasteiger partial charge on any atom is 0.586 e. The van der Waals surface area contributed by atoms with E-state index in [0.717, 1.165) is 17.2 Å². The van der Waals surface area contributed by atoms with Crippen molar-refractivity contribution in [2.75, 3.05) is 5.32 Å². The first kappa shape index (κ1) is 17.5. The van der Waals surface area contributed by atoms with E-state index in [-0.39, 0.29) is 23.2 Å². The summed E-state index contributed by atoms with van der Waals surface area (Å²) in [4.78, 5) is 24.3. The summed E-state index contributed by atoms with van der Waals surface area (Å²) in [5.41, 5.74) is 1.97. The molecule has 2 N–H and O–H groups in total. The van der Waals surface area contributed by atoms with Gasteiger partial charge in [-0.3, -0.25) is 9.59 Å². The number of alkyl halides is 2. The van der Waals surface area contributed by atoms with E-state index in [0.29, 0.717) is 17.9 Å². The molecule has 0 unspecified atom stereocenters. The number of benzene rings is 2. The molecule has 2 aromatic rings. The molecule has 2 aliphatic rings. The molecular weight excluding hydrogens is 382 g/mol. The number of rotatable bonds is 2. The molecule has 2 amide bonds. The zero-order valence-corrected chi connectivity index (χ0v) is 14.5. The van der Waals surface area contributed by atoms with Crippen molar-refractivity contribution >= 4 is 29.1 Å². The molecule has 27 heavy (non-hydrogen) atoms. The summed E-state index contributed by atoms with van der Waals surface area (Å²) in [5, 5.41) is 5.64. The summed E-state index contributed by atoms with van der Waals surface area (Å²) in [6, 6.07) is 8.82. The van der Waals surface area contributed by atoms with Crippen LogP contribution >= 0.6 is 11.6 Å². The van der Waals surface area contributed by atoms with Crippen LogP contribution in [0.1, 0.15) is 23.6 Å². The molecule has 0 bridgehead atoms. The van der Waals surface area contributed by atoms with Gasteiger partial charge in [-0.1, -0.05) is 23.7 Å². The number of fused-ring (bicyclic) bond motifs is 2. The van der Waals surface area contributed by atoms with Gasteiger partial charge in [-0.25, -0.2) is 0 Å². The molecule has 9 heteroatoms. The largest absolute Gasteiger partial charge is 0.586 e. The molecule has 0 saturated carbocycles. The molecule has 2 aromatic carbocycles. The van der Waals surface area contributed by atoms with Gasteiger partial charge in [0.15, 0.2) is 11.5 Å². The van der Waals surface area contributed by atoms with Crippen molar-refractivity contribution in [3.8, 4) is 11.5 Å². The molecule has 1 aliphatic carbocycles. The lowest BCUT2D eigenvalue weighted by Crippen LogP contribution is -2.37. The Morgan fingerprint density at radius 2 is 1.89 bits per heavy atom. The van der Waals surface area contributed by atoms with Gasteiger partial charge < -0.3 is 20.1 Å². The predicted octanol–water partition coefficient (Wildman–Crippen LogP) is 3.40. The summed E-state index contributed by atoms with van der Waals surface area (Å²) < 4.78 is 34.7. The first-order valence-corrected chi connectivity index (χ1v) is 8.49. The Bertz CT molecular complexity index is 951. The van der Waals surface area contributed by atoms with E-state index in [1.54, 1.807) is 12.1 Å².